The fraction of sp³-hybridized carbons (Fsp3) is 0.0370. The zero-order chi connectivity index (χ0) is 22.3. The van der Waals surface area contributed by atoms with Crippen LogP contribution in [0.2, 0.25) is 5.02 Å². The maximum Gasteiger partial charge on any atom is 0.346 e. The van der Waals surface area contributed by atoms with Gasteiger partial charge in [0.1, 0.15) is 12.4 Å². The quantitative estimate of drug-likeness (QED) is 0.250. The molecule has 0 unspecified atom stereocenters. The summed E-state index contributed by atoms with van der Waals surface area (Å²) in [6, 6.07) is 30.7. The molecule has 0 atom stereocenters. The molecule has 0 heterocycles. The Morgan fingerprint density at radius 3 is 1.69 bits per heavy atom. The van der Waals surface area contributed by atoms with Gasteiger partial charge in [-0.1, -0.05) is 66.2 Å². The minimum atomic E-state index is -0.721. The molecule has 0 radical (unpaired) electrons. The van der Waals surface area contributed by atoms with Crippen LogP contribution in [0.5, 0.6) is 5.75 Å². The molecule has 158 valence electrons. The molecule has 0 aliphatic carbocycles. The van der Waals surface area contributed by atoms with Crippen LogP contribution in [0.15, 0.2) is 103 Å². The molecule has 0 amide bonds. The highest BCUT2D eigenvalue weighted by atomic mass is 35.5. The van der Waals surface area contributed by atoms with E-state index in [1.807, 2.05) is 66.7 Å². The normalized spacial score (nSPS) is 10.4. The zero-order valence-electron chi connectivity index (χ0n) is 17.0. The van der Waals surface area contributed by atoms with Gasteiger partial charge in [0.05, 0.1) is 11.1 Å². The van der Waals surface area contributed by atoms with E-state index in [2.05, 4.69) is 0 Å². The maximum atomic E-state index is 12.3. The highest BCUT2D eigenvalue weighted by Crippen LogP contribution is 2.24. The molecule has 4 aromatic carbocycles. The van der Waals surface area contributed by atoms with Gasteiger partial charge >= 0.3 is 11.9 Å². The van der Waals surface area contributed by atoms with Crippen LogP contribution in [0.3, 0.4) is 0 Å². The first kappa shape index (κ1) is 21.3. The van der Waals surface area contributed by atoms with E-state index in [0.717, 1.165) is 22.4 Å². The lowest BCUT2D eigenvalue weighted by atomic mass is 10.0. The third-order valence-corrected chi connectivity index (χ3v) is 5.07. The Balaban J connectivity index is 1.37. The molecular formula is C27H19ClO4. The predicted octanol–water partition coefficient (Wildman–Crippen LogP) is 6.58. The molecule has 0 saturated heterocycles. The van der Waals surface area contributed by atoms with Crippen molar-refractivity contribution in [3.05, 3.63) is 125 Å². The second kappa shape index (κ2) is 9.94. The molecule has 0 fully saturated rings. The Bertz CT molecular complexity index is 1200. The van der Waals surface area contributed by atoms with E-state index in [4.69, 9.17) is 21.1 Å². The smallest absolute Gasteiger partial charge is 0.346 e. The van der Waals surface area contributed by atoms with E-state index in [9.17, 15) is 9.59 Å². The van der Waals surface area contributed by atoms with Gasteiger partial charge in [0.2, 0.25) is 0 Å². The molecule has 4 rings (SSSR count). The summed E-state index contributed by atoms with van der Waals surface area (Å²) < 4.78 is 10.8. The standard InChI is InChI=1S/C27H19ClO4/c28-24-14-10-23(11-15-24)27(30)32-26(29)22-8-6-20(7-9-22)21-12-16-25(17-13-21)31-18-19-4-2-1-3-5-19/h1-17H,18H2. The number of esters is 2. The molecule has 32 heavy (non-hydrogen) atoms. The van der Waals surface area contributed by atoms with E-state index >= 15 is 0 Å². The maximum absolute atomic E-state index is 12.3. The Morgan fingerprint density at radius 1 is 0.625 bits per heavy atom. The molecule has 0 aliphatic rings. The zero-order valence-corrected chi connectivity index (χ0v) is 17.8. The molecule has 4 nitrogen and oxygen atoms in total. The van der Waals surface area contributed by atoms with E-state index in [1.165, 1.54) is 12.1 Å². The fourth-order valence-electron chi connectivity index (χ4n) is 3.07. The lowest BCUT2D eigenvalue weighted by molar-refractivity contribution is 0.0398. The highest BCUT2D eigenvalue weighted by Gasteiger charge is 2.15. The average Bonchev–Trinajstić information content (AvgIpc) is 2.84. The predicted molar refractivity (Wildman–Crippen MR) is 124 cm³/mol. The van der Waals surface area contributed by atoms with Crippen LogP contribution in [0.4, 0.5) is 0 Å². The van der Waals surface area contributed by atoms with Crippen LogP contribution in [0, 0.1) is 0 Å². The SMILES string of the molecule is O=C(OC(=O)c1ccc(-c2ccc(OCc3ccccc3)cc2)cc1)c1ccc(Cl)cc1. The van der Waals surface area contributed by atoms with Crippen LogP contribution in [0.1, 0.15) is 26.3 Å². The Labute approximate surface area is 191 Å². The van der Waals surface area contributed by atoms with Gasteiger partial charge in [-0.25, -0.2) is 9.59 Å². The molecule has 0 aromatic heterocycles. The molecule has 5 heteroatoms. The van der Waals surface area contributed by atoms with Crippen molar-refractivity contribution in [2.24, 2.45) is 0 Å². The van der Waals surface area contributed by atoms with Crippen molar-refractivity contribution in [3.63, 3.8) is 0 Å². The van der Waals surface area contributed by atoms with Crippen molar-refractivity contribution in [2.75, 3.05) is 0 Å². The number of rotatable bonds is 6. The van der Waals surface area contributed by atoms with E-state index < -0.39 is 11.9 Å². The number of ether oxygens (including phenoxy) is 2. The summed E-state index contributed by atoms with van der Waals surface area (Å²) in [7, 11) is 0. The third-order valence-electron chi connectivity index (χ3n) is 4.82. The Hall–Kier alpha value is -3.89. The minimum absolute atomic E-state index is 0.258. The van der Waals surface area contributed by atoms with E-state index in [0.29, 0.717) is 17.2 Å². The number of carbonyl (C=O) groups excluding carboxylic acids is 2. The summed E-state index contributed by atoms with van der Waals surface area (Å²) in [5.41, 5.74) is 3.57. The second-order valence-corrected chi connectivity index (χ2v) is 7.50. The Morgan fingerprint density at radius 2 is 1.12 bits per heavy atom. The van der Waals surface area contributed by atoms with E-state index in [-0.39, 0.29) is 5.56 Å². The van der Waals surface area contributed by atoms with Crippen LogP contribution in [0.25, 0.3) is 11.1 Å². The van der Waals surface area contributed by atoms with Gasteiger partial charge in [-0.3, -0.25) is 0 Å². The van der Waals surface area contributed by atoms with Crippen LogP contribution >= 0.6 is 11.6 Å². The molecule has 0 bridgehead atoms. The summed E-state index contributed by atoms with van der Waals surface area (Å²) >= 11 is 5.81. The summed E-state index contributed by atoms with van der Waals surface area (Å²) in [6.45, 7) is 0.506. The van der Waals surface area contributed by atoms with E-state index in [1.54, 1.807) is 24.3 Å². The van der Waals surface area contributed by atoms with Crippen LogP contribution in [-0.2, 0) is 11.3 Å². The molecule has 4 aromatic rings. The molecule has 0 spiro atoms. The van der Waals surface area contributed by atoms with Crippen molar-refractivity contribution < 1.29 is 19.1 Å². The van der Waals surface area contributed by atoms with Gasteiger partial charge in [0.15, 0.2) is 0 Å². The lowest BCUT2D eigenvalue weighted by Gasteiger charge is -2.08. The van der Waals surface area contributed by atoms with Crippen molar-refractivity contribution in [3.8, 4) is 16.9 Å². The second-order valence-electron chi connectivity index (χ2n) is 7.06. The van der Waals surface area contributed by atoms with Crippen LogP contribution < -0.4 is 4.74 Å². The number of halogens is 1. The highest BCUT2D eigenvalue weighted by molar-refractivity contribution is 6.30. The first-order chi connectivity index (χ1) is 15.6. The van der Waals surface area contributed by atoms with Crippen LogP contribution in [-0.4, -0.2) is 11.9 Å². The van der Waals surface area contributed by atoms with Gasteiger partial charge in [-0.2, -0.15) is 0 Å². The monoisotopic (exact) mass is 442 g/mol. The number of benzene rings is 4. The average molecular weight is 443 g/mol. The van der Waals surface area contributed by atoms with Gasteiger partial charge in [-0.15, -0.1) is 0 Å². The van der Waals surface area contributed by atoms with Crippen molar-refractivity contribution in [1.82, 2.24) is 0 Å². The van der Waals surface area contributed by atoms with Gasteiger partial charge in [-0.05, 0) is 65.2 Å². The Kier molecular flexibility index (Phi) is 6.63. The summed E-state index contributed by atoms with van der Waals surface area (Å²) in [4.78, 5) is 24.4. The summed E-state index contributed by atoms with van der Waals surface area (Å²) in [5, 5.41) is 0.499. The van der Waals surface area contributed by atoms with Gasteiger partial charge < -0.3 is 9.47 Å². The first-order valence-corrected chi connectivity index (χ1v) is 10.4. The molecule has 0 aliphatic heterocycles. The number of hydrogen-bond donors (Lipinski definition) is 0. The minimum Gasteiger partial charge on any atom is -0.489 e. The van der Waals surface area contributed by atoms with Gasteiger partial charge in [0.25, 0.3) is 0 Å². The molecule has 0 saturated carbocycles. The molecule has 0 N–H and O–H groups in total. The van der Waals surface area contributed by atoms with Gasteiger partial charge in [0, 0.05) is 5.02 Å². The number of hydrogen-bond acceptors (Lipinski definition) is 4. The largest absolute Gasteiger partial charge is 0.489 e. The van der Waals surface area contributed by atoms with Crippen molar-refractivity contribution in [1.29, 1.82) is 0 Å². The summed E-state index contributed by atoms with van der Waals surface area (Å²) in [6.07, 6.45) is 0. The van der Waals surface area contributed by atoms with Crippen molar-refractivity contribution in [2.45, 2.75) is 6.61 Å². The van der Waals surface area contributed by atoms with Crippen molar-refractivity contribution >= 4 is 23.5 Å². The fourth-order valence-corrected chi connectivity index (χ4v) is 3.20. The number of carbonyl (C=O) groups is 2. The first-order valence-electron chi connectivity index (χ1n) is 9.98. The lowest BCUT2D eigenvalue weighted by Crippen LogP contribution is -2.12. The molecular weight excluding hydrogens is 424 g/mol. The summed E-state index contributed by atoms with van der Waals surface area (Å²) in [5.74, 6) is -0.651. The third kappa shape index (κ3) is 5.42. The topological polar surface area (TPSA) is 52.6 Å².